The number of carbonyl (C=O) groups is 1. The Morgan fingerprint density at radius 1 is 1.35 bits per heavy atom. The summed E-state index contributed by atoms with van der Waals surface area (Å²) < 4.78 is 7.22. The highest BCUT2D eigenvalue weighted by Crippen LogP contribution is 2.36. The lowest BCUT2D eigenvalue weighted by Crippen LogP contribution is -2.29. The van der Waals surface area contributed by atoms with Gasteiger partial charge in [-0.2, -0.15) is 0 Å². The van der Waals surface area contributed by atoms with Crippen molar-refractivity contribution in [2.45, 2.75) is 18.5 Å². The summed E-state index contributed by atoms with van der Waals surface area (Å²) in [6.45, 7) is 0.562. The fourth-order valence-corrected chi connectivity index (χ4v) is 3.49. The highest BCUT2D eigenvalue weighted by Gasteiger charge is 2.31. The molecule has 0 saturated carbocycles. The highest BCUT2D eigenvalue weighted by molar-refractivity contribution is 6.00. The molecule has 0 amide bonds. The summed E-state index contributed by atoms with van der Waals surface area (Å²) in [5.74, 6) is 0.333. The maximum absolute atomic E-state index is 11.3. The van der Waals surface area contributed by atoms with Gasteiger partial charge < -0.3 is 25.5 Å². The van der Waals surface area contributed by atoms with E-state index in [1.807, 2.05) is 35.0 Å². The Bertz CT molecular complexity index is 967. The maximum atomic E-state index is 11.3. The number of ether oxygens (including phenoxy) is 1. The Morgan fingerprint density at radius 3 is 2.77 bits per heavy atom. The number of fused-ring (bicyclic) bond motifs is 1. The Kier molecular flexibility index (Phi) is 3.96. The van der Waals surface area contributed by atoms with Crippen LogP contribution in [0.2, 0.25) is 0 Å². The zero-order valence-electron chi connectivity index (χ0n) is 14.2. The van der Waals surface area contributed by atoms with E-state index in [1.54, 1.807) is 7.11 Å². The lowest BCUT2D eigenvalue weighted by molar-refractivity contribution is -0.139. The minimum Gasteiger partial charge on any atom is -0.497 e. The van der Waals surface area contributed by atoms with Crippen LogP contribution in [0.4, 0.5) is 5.82 Å². The van der Waals surface area contributed by atoms with E-state index < -0.39 is 12.0 Å². The van der Waals surface area contributed by atoms with Crippen LogP contribution < -0.4 is 15.8 Å². The Labute approximate surface area is 149 Å². The normalized spacial score (nSPS) is 19.7. The number of rotatable bonds is 4. The number of carboxylic acid groups (broad SMARTS) is 1. The van der Waals surface area contributed by atoms with Crippen molar-refractivity contribution >= 4 is 22.8 Å². The predicted octanol–water partition coefficient (Wildman–Crippen LogP) is 1.68. The molecule has 8 nitrogen and oxygen atoms in total. The smallest absolute Gasteiger partial charge is 0.320 e. The van der Waals surface area contributed by atoms with E-state index in [0.29, 0.717) is 24.4 Å². The molecule has 0 bridgehead atoms. The lowest BCUT2D eigenvalue weighted by atomic mass is 10.1. The molecule has 2 unspecified atom stereocenters. The van der Waals surface area contributed by atoms with E-state index in [2.05, 4.69) is 15.3 Å². The van der Waals surface area contributed by atoms with Crippen LogP contribution in [-0.4, -0.2) is 45.3 Å². The van der Waals surface area contributed by atoms with E-state index in [0.717, 1.165) is 22.3 Å². The molecule has 26 heavy (non-hydrogen) atoms. The van der Waals surface area contributed by atoms with Crippen molar-refractivity contribution in [2.24, 2.45) is 0 Å². The summed E-state index contributed by atoms with van der Waals surface area (Å²) >= 11 is 0. The molecule has 134 valence electrons. The Morgan fingerprint density at radius 2 is 2.12 bits per heavy atom. The molecule has 2 atom stereocenters. The summed E-state index contributed by atoms with van der Waals surface area (Å²) in [4.78, 5) is 19.8. The minimum absolute atomic E-state index is 0.0140. The van der Waals surface area contributed by atoms with Crippen molar-refractivity contribution in [3.63, 3.8) is 0 Å². The zero-order chi connectivity index (χ0) is 18.3. The molecule has 3 aromatic rings. The topological polar surface area (TPSA) is 115 Å². The van der Waals surface area contributed by atoms with Crippen LogP contribution >= 0.6 is 0 Å². The van der Waals surface area contributed by atoms with Crippen molar-refractivity contribution in [1.29, 1.82) is 0 Å². The number of nitrogens with one attached hydrogen (secondary N) is 1. The number of aromatic nitrogens is 3. The van der Waals surface area contributed by atoms with Gasteiger partial charge in [-0.3, -0.25) is 4.79 Å². The van der Waals surface area contributed by atoms with Gasteiger partial charge in [-0.15, -0.1) is 0 Å². The Hall–Kier alpha value is -3.13. The van der Waals surface area contributed by atoms with Crippen LogP contribution in [0.1, 0.15) is 12.5 Å². The summed E-state index contributed by atoms with van der Waals surface area (Å²) in [5.41, 5.74) is 8.73. The number of carboxylic acids is 1. The fraction of sp³-hybridized carbons (Fsp3) is 0.278. The number of hydrogen-bond donors (Lipinski definition) is 3. The monoisotopic (exact) mass is 353 g/mol. The van der Waals surface area contributed by atoms with Gasteiger partial charge in [0.05, 0.1) is 12.5 Å². The second-order valence-corrected chi connectivity index (χ2v) is 6.32. The van der Waals surface area contributed by atoms with Gasteiger partial charge in [0.2, 0.25) is 0 Å². The van der Waals surface area contributed by atoms with Gasteiger partial charge in [0.1, 0.15) is 29.6 Å². The average Bonchev–Trinajstić information content (AvgIpc) is 3.27. The first-order valence-corrected chi connectivity index (χ1v) is 8.30. The molecule has 0 radical (unpaired) electrons. The molecule has 3 heterocycles. The largest absolute Gasteiger partial charge is 0.497 e. The first kappa shape index (κ1) is 16.3. The van der Waals surface area contributed by atoms with E-state index in [4.69, 9.17) is 10.5 Å². The van der Waals surface area contributed by atoms with Crippen molar-refractivity contribution in [2.75, 3.05) is 19.4 Å². The third kappa shape index (κ3) is 2.64. The molecule has 2 aromatic heterocycles. The van der Waals surface area contributed by atoms with E-state index in [1.165, 1.54) is 6.33 Å². The number of anilines is 1. The molecule has 4 N–H and O–H groups in total. The molecular formula is C18H19N5O3. The standard InChI is InChI=1S/C18H19N5O3/c1-26-12-4-2-10(3-5-12)13-8-23(11-6-14(18(24)25)20-7-11)17-15(13)16(19)21-9-22-17/h2-5,8-9,11,14,20H,6-7H2,1H3,(H,24,25)(H2,19,21,22). The molecule has 0 spiro atoms. The average molecular weight is 353 g/mol. The number of nitrogen functional groups attached to an aromatic ring is 1. The summed E-state index contributed by atoms with van der Waals surface area (Å²) in [5, 5.41) is 13.0. The molecule has 8 heteroatoms. The number of benzene rings is 1. The van der Waals surface area contributed by atoms with Crippen molar-refractivity contribution < 1.29 is 14.6 Å². The second kappa shape index (κ2) is 6.30. The van der Waals surface area contributed by atoms with Gasteiger partial charge in [-0.05, 0) is 24.1 Å². The minimum atomic E-state index is -0.839. The molecule has 1 saturated heterocycles. The van der Waals surface area contributed by atoms with Gasteiger partial charge in [0.15, 0.2) is 0 Å². The summed E-state index contributed by atoms with van der Waals surface area (Å²) in [6.07, 6.45) is 3.90. The molecule has 0 aliphatic carbocycles. The lowest BCUT2D eigenvalue weighted by Gasteiger charge is -2.12. The maximum Gasteiger partial charge on any atom is 0.320 e. The molecular weight excluding hydrogens is 334 g/mol. The first-order valence-electron chi connectivity index (χ1n) is 8.30. The number of hydrogen-bond acceptors (Lipinski definition) is 6. The Balaban J connectivity index is 1.82. The van der Waals surface area contributed by atoms with Crippen molar-refractivity contribution in [1.82, 2.24) is 19.9 Å². The molecule has 1 fully saturated rings. The number of aliphatic carboxylic acids is 1. The molecule has 1 aliphatic heterocycles. The third-order valence-corrected chi connectivity index (χ3v) is 4.84. The van der Waals surface area contributed by atoms with Crippen LogP contribution in [0.5, 0.6) is 5.75 Å². The van der Waals surface area contributed by atoms with E-state index in [9.17, 15) is 9.90 Å². The summed E-state index contributed by atoms with van der Waals surface area (Å²) in [6, 6.07) is 7.11. The summed E-state index contributed by atoms with van der Waals surface area (Å²) in [7, 11) is 1.62. The van der Waals surface area contributed by atoms with Crippen LogP contribution in [0.25, 0.3) is 22.2 Å². The van der Waals surface area contributed by atoms with Crippen molar-refractivity contribution in [3.05, 3.63) is 36.8 Å². The number of nitrogens with zero attached hydrogens (tertiary/aromatic N) is 3. The van der Waals surface area contributed by atoms with Gasteiger partial charge >= 0.3 is 5.97 Å². The second-order valence-electron chi connectivity index (χ2n) is 6.32. The third-order valence-electron chi connectivity index (χ3n) is 4.84. The zero-order valence-corrected chi connectivity index (χ0v) is 14.2. The fourth-order valence-electron chi connectivity index (χ4n) is 3.49. The molecule has 1 aromatic carbocycles. The SMILES string of the molecule is COc1ccc(-c2cn(C3CNC(C(=O)O)C3)c3ncnc(N)c23)cc1. The van der Waals surface area contributed by atoms with E-state index in [-0.39, 0.29) is 6.04 Å². The quantitative estimate of drug-likeness (QED) is 0.653. The van der Waals surface area contributed by atoms with Gasteiger partial charge in [-0.1, -0.05) is 12.1 Å². The van der Waals surface area contributed by atoms with Crippen molar-refractivity contribution in [3.8, 4) is 16.9 Å². The number of methoxy groups -OCH3 is 1. The molecule has 4 rings (SSSR count). The predicted molar refractivity (Wildman–Crippen MR) is 97.0 cm³/mol. The number of nitrogens with two attached hydrogens (primary N) is 1. The van der Waals surface area contributed by atoms with E-state index >= 15 is 0 Å². The van der Waals surface area contributed by atoms with Gasteiger partial charge in [0.25, 0.3) is 0 Å². The van der Waals surface area contributed by atoms with Crippen LogP contribution in [0.3, 0.4) is 0 Å². The molecule has 1 aliphatic rings. The van der Waals surface area contributed by atoms with Crippen LogP contribution in [-0.2, 0) is 4.79 Å². The van der Waals surface area contributed by atoms with Gasteiger partial charge in [-0.25, -0.2) is 9.97 Å². The highest BCUT2D eigenvalue weighted by atomic mass is 16.5. The van der Waals surface area contributed by atoms with Crippen LogP contribution in [0, 0.1) is 0 Å². The van der Waals surface area contributed by atoms with Crippen LogP contribution in [0.15, 0.2) is 36.8 Å². The van der Waals surface area contributed by atoms with Gasteiger partial charge in [0, 0.05) is 24.3 Å². The first-order chi connectivity index (χ1) is 12.6.